The first kappa shape index (κ1) is 23.9. The number of hydrogen-bond donors (Lipinski definition) is 1. The molecule has 0 aliphatic rings. The molecule has 33 heavy (non-hydrogen) atoms. The van der Waals surface area contributed by atoms with E-state index in [2.05, 4.69) is 32.4 Å². The highest BCUT2D eigenvalue weighted by molar-refractivity contribution is 9.10. The lowest BCUT2D eigenvalue weighted by Crippen LogP contribution is -2.33. The molecule has 1 N–H and O–H groups in total. The number of amides is 1. The van der Waals surface area contributed by atoms with Gasteiger partial charge in [-0.1, -0.05) is 52.2 Å². The van der Waals surface area contributed by atoms with E-state index in [-0.39, 0.29) is 6.61 Å². The van der Waals surface area contributed by atoms with Gasteiger partial charge in [0.15, 0.2) is 6.10 Å². The van der Waals surface area contributed by atoms with Crippen LogP contribution in [0.4, 0.5) is 0 Å². The summed E-state index contributed by atoms with van der Waals surface area (Å²) in [6.45, 7) is 2.26. The van der Waals surface area contributed by atoms with Gasteiger partial charge in [0, 0.05) is 10.0 Å². The van der Waals surface area contributed by atoms with E-state index in [0.29, 0.717) is 29.4 Å². The molecule has 0 aliphatic heterocycles. The number of terminal acetylenes is 1. The largest absolute Gasteiger partial charge is 0.489 e. The van der Waals surface area contributed by atoms with Gasteiger partial charge in [-0.2, -0.15) is 5.10 Å². The summed E-state index contributed by atoms with van der Waals surface area (Å²) < 4.78 is 17.8. The molecule has 0 heterocycles. The highest BCUT2D eigenvalue weighted by Gasteiger charge is 2.14. The predicted molar refractivity (Wildman–Crippen MR) is 132 cm³/mol. The summed E-state index contributed by atoms with van der Waals surface area (Å²) in [6, 6.07) is 22.4. The van der Waals surface area contributed by atoms with Crippen LogP contribution in [0.3, 0.4) is 0 Å². The Morgan fingerprint density at radius 3 is 2.55 bits per heavy atom. The Morgan fingerprint density at radius 2 is 1.82 bits per heavy atom. The van der Waals surface area contributed by atoms with Gasteiger partial charge in [0.1, 0.15) is 30.5 Å². The second kappa shape index (κ2) is 12.3. The van der Waals surface area contributed by atoms with Crippen LogP contribution in [-0.4, -0.2) is 24.8 Å². The Labute approximate surface area is 201 Å². The minimum absolute atomic E-state index is 0.135. The zero-order chi connectivity index (χ0) is 23.5. The van der Waals surface area contributed by atoms with Crippen molar-refractivity contribution in [1.82, 2.24) is 5.43 Å². The van der Waals surface area contributed by atoms with Gasteiger partial charge in [0.25, 0.3) is 5.91 Å². The van der Waals surface area contributed by atoms with Gasteiger partial charge in [-0.15, -0.1) is 6.42 Å². The molecule has 0 unspecified atom stereocenters. The van der Waals surface area contributed by atoms with E-state index in [4.69, 9.17) is 20.6 Å². The van der Waals surface area contributed by atoms with Crippen LogP contribution < -0.4 is 19.6 Å². The van der Waals surface area contributed by atoms with Crippen LogP contribution >= 0.6 is 15.9 Å². The molecule has 0 aromatic heterocycles. The number of ether oxygens (including phenoxy) is 3. The lowest BCUT2D eigenvalue weighted by molar-refractivity contribution is -0.127. The highest BCUT2D eigenvalue weighted by Crippen LogP contribution is 2.22. The zero-order valence-corrected chi connectivity index (χ0v) is 19.6. The third-order valence-corrected chi connectivity index (χ3v) is 4.91. The van der Waals surface area contributed by atoms with Gasteiger partial charge < -0.3 is 14.2 Å². The minimum atomic E-state index is -0.752. The molecule has 0 saturated carbocycles. The van der Waals surface area contributed by atoms with Crippen molar-refractivity contribution in [1.29, 1.82) is 0 Å². The van der Waals surface area contributed by atoms with Crippen molar-refractivity contribution in [3.8, 4) is 29.6 Å². The fourth-order valence-electron chi connectivity index (χ4n) is 2.74. The van der Waals surface area contributed by atoms with E-state index in [9.17, 15) is 4.79 Å². The number of carbonyl (C=O) groups is 1. The topological polar surface area (TPSA) is 69.2 Å². The summed E-state index contributed by atoms with van der Waals surface area (Å²) in [4.78, 5) is 12.3. The Bertz CT molecular complexity index is 1130. The van der Waals surface area contributed by atoms with Gasteiger partial charge in [-0.05, 0) is 55.0 Å². The Kier molecular flexibility index (Phi) is 8.92. The first-order valence-corrected chi connectivity index (χ1v) is 11.0. The maximum Gasteiger partial charge on any atom is 0.280 e. The fourth-order valence-corrected chi connectivity index (χ4v) is 3.12. The van der Waals surface area contributed by atoms with Crippen LogP contribution in [0.1, 0.15) is 18.1 Å². The quantitative estimate of drug-likeness (QED) is 0.239. The van der Waals surface area contributed by atoms with Crippen LogP contribution in [0.15, 0.2) is 82.4 Å². The molecular weight excluding hydrogens is 484 g/mol. The lowest BCUT2D eigenvalue weighted by Gasteiger charge is -2.13. The first-order chi connectivity index (χ1) is 16.0. The van der Waals surface area contributed by atoms with Crippen molar-refractivity contribution in [2.24, 2.45) is 5.10 Å². The molecule has 1 atom stereocenters. The lowest BCUT2D eigenvalue weighted by atomic mass is 10.2. The molecular formula is C26H23BrN2O4. The second-order valence-corrected chi connectivity index (χ2v) is 7.83. The van der Waals surface area contributed by atoms with Crippen LogP contribution in [0, 0.1) is 12.3 Å². The van der Waals surface area contributed by atoms with Crippen molar-refractivity contribution in [3.63, 3.8) is 0 Å². The van der Waals surface area contributed by atoms with E-state index in [1.54, 1.807) is 37.3 Å². The SMILES string of the molecule is C#CCOc1ccc(Br)cc1/C=N\NC(=O)[C@H](C)Oc1ccc(OCc2ccccc2)cc1. The Morgan fingerprint density at radius 1 is 1.09 bits per heavy atom. The average Bonchev–Trinajstić information content (AvgIpc) is 2.83. The van der Waals surface area contributed by atoms with Crippen LogP contribution in [0.5, 0.6) is 17.2 Å². The van der Waals surface area contributed by atoms with Gasteiger partial charge in [-0.25, -0.2) is 5.43 Å². The number of carbonyl (C=O) groups excluding carboxylic acids is 1. The van der Waals surface area contributed by atoms with E-state index < -0.39 is 12.0 Å². The molecule has 0 aliphatic carbocycles. The molecule has 3 aromatic carbocycles. The fraction of sp³-hybridized carbons (Fsp3) is 0.154. The third-order valence-electron chi connectivity index (χ3n) is 4.42. The van der Waals surface area contributed by atoms with E-state index in [1.807, 2.05) is 42.5 Å². The predicted octanol–water partition coefficient (Wildman–Crippen LogP) is 4.96. The van der Waals surface area contributed by atoms with E-state index >= 15 is 0 Å². The Hall–Kier alpha value is -3.76. The molecule has 0 spiro atoms. The number of benzene rings is 3. The molecule has 3 rings (SSSR count). The molecule has 168 valence electrons. The summed E-state index contributed by atoms with van der Waals surface area (Å²) in [5, 5.41) is 4.00. The number of rotatable bonds is 10. The summed E-state index contributed by atoms with van der Waals surface area (Å²) >= 11 is 3.40. The zero-order valence-electron chi connectivity index (χ0n) is 18.0. The van der Waals surface area contributed by atoms with Crippen LogP contribution in [-0.2, 0) is 11.4 Å². The van der Waals surface area contributed by atoms with Gasteiger partial charge >= 0.3 is 0 Å². The average molecular weight is 507 g/mol. The maximum absolute atomic E-state index is 12.3. The molecule has 1 amide bonds. The maximum atomic E-state index is 12.3. The number of nitrogens with zero attached hydrogens (tertiary/aromatic N) is 1. The summed E-state index contributed by atoms with van der Waals surface area (Å²) in [5.41, 5.74) is 4.22. The molecule has 7 heteroatoms. The number of hydrogen-bond acceptors (Lipinski definition) is 5. The second-order valence-electron chi connectivity index (χ2n) is 6.91. The van der Waals surface area contributed by atoms with E-state index in [1.165, 1.54) is 6.21 Å². The highest BCUT2D eigenvalue weighted by atomic mass is 79.9. The number of halogens is 1. The van der Waals surface area contributed by atoms with Crippen LogP contribution in [0.25, 0.3) is 0 Å². The molecule has 0 fully saturated rings. The van der Waals surface area contributed by atoms with Crippen molar-refractivity contribution in [2.75, 3.05) is 6.61 Å². The van der Waals surface area contributed by atoms with E-state index in [0.717, 1.165) is 10.0 Å². The van der Waals surface area contributed by atoms with Crippen molar-refractivity contribution in [2.45, 2.75) is 19.6 Å². The van der Waals surface area contributed by atoms with Crippen molar-refractivity contribution < 1.29 is 19.0 Å². The van der Waals surface area contributed by atoms with Gasteiger partial charge in [0.05, 0.1) is 6.21 Å². The smallest absolute Gasteiger partial charge is 0.280 e. The van der Waals surface area contributed by atoms with Crippen LogP contribution in [0.2, 0.25) is 0 Å². The summed E-state index contributed by atoms with van der Waals surface area (Å²) in [6.07, 6.45) is 5.98. The first-order valence-electron chi connectivity index (χ1n) is 10.2. The third kappa shape index (κ3) is 7.70. The molecule has 3 aromatic rings. The molecule has 0 radical (unpaired) electrons. The number of nitrogens with one attached hydrogen (secondary N) is 1. The number of hydrazone groups is 1. The minimum Gasteiger partial charge on any atom is -0.489 e. The normalized spacial score (nSPS) is 11.4. The van der Waals surface area contributed by atoms with Crippen molar-refractivity contribution >= 4 is 28.1 Å². The summed E-state index contributed by atoms with van der Waals surface area (Å²) in [7, 11) is 0. The van der Waals surface area contributed by atoms with Crippen molar-refractivity contribution in [3.05, 3.63) is 88.4 Å². The molecule has 0 saturated heterocycles. The molecule has 6 nitrogen and oxygen atoms in total. The Balaban J connectivity index is 1.50. The monoisotopic (exact) mass is 506 g/mol. The molecule has 0 bridgehead atoms. The summed E-state index contributed by atoms with van der Waals surface area (Å²) in [5.74, 6) is 3.85. The van der Waals surface area contributed by atoms with Gasteiger partial charge in [-0.3, -0.25) is 4.79 Å². The standard InChI is InChI=1S/C26H23BrN2O4/c1-3-15-31-25-14-9-22(27)16-21(25)17-28-29-26(30)19(2)33-24-12-10-23(11-13-24)32-18-20-7-5-4-6-8-20/h1,4-14,16-17,19H,15,18H2,2H3,(H,29,30)/b28-17-/t19-/m0/s1. The van der Waals surface area contributed by atoms with Gasteiger partial charge in [0.2, 0.25) is 0 Å².